The molecule has 0 saturated carbocycles. The summed E-state index contributed by atoms with van der Waals surface area (Å²) in [5.74, 6) is 0.279. The summed E-state index contributed by atoms with van der Waals surface area (Å²) in [6, 6.07) is 14.0. The van der Waals surface area contributed by atoms with Crippen molar-refractivity contribution in [1.82, 2.24) is 14.5 Å². The first-order valence-corrected chi connectivity index (χ1v) is 10.0. The molecule has 1 atom stereocenters. The molecule has 2 aromatic carbocycles. The third-order valence-corrected chi connectivity index (χ3v) is 5.35. The molecule has 0 bridgehead atoms. The van der Waals surface area contributed by atoms with Crippen molar-refractivity contribution in [2.75, 3.05) is 18.4 Å². The summed E-state index contributed by atoms with van der Waals surface area (Å²) in [7, 11) is 0. The number of nitrogens with zero attached hydrogens (tertiary/aromatic N) is 3. The van der Waals surface area contributed by atoms with E-state index in [4.69, 9.17) is 0 Å². The molecular formula is C23H25FN4O. The molecule has 1 fully saturated rings. The third kappa shape index (κ3) is 5.02. The Morgan fingerprint density at radius 2 is 2.07 bits per heavy atom. The molecule has 1 aliphatic heterocycles. The quantitative estimate of drug-likeness (QED) is 0.684. The van der Waals surface area contributed by atoms with Gasteiger partial charge in [-0.15, -0.1) is 0 Å². The number of piperidine rings is 1. The Morgan fingerprint density at radius 1 is 1.21 bits per heavy atom. The number of halogens is 1. The minimum absolute atomic E-state index is 0.0748. The zero-order valence-corrected chi connectivity index (χ0v) is 16.3. The number of carbonyl (C=O) groups excluding carboxylic acids is 1. The maximum absolute atomic E-state index is 13.0. The highest BCUT2D eigenvalue weighted by atomic mass is 19.1. The van der Waals surface area contributed by atoms with Crippen molar-refractivity contribution in [1.29, 1.82) is 0 Å². The van der Waals surface area contributed by atoms with Crippen LogP contribution in [0.25, 0.3) is 0 Å². The summed E-state index contributed by atoms with van der Waals surface area (Å²) in [4.78, 5) is 19.1. The number of hydrogen-bond acceptors (Lipinski definition) is 3. The molecule has 1 aliphatic rings. The van der Waals surface area contributed by atoms with E-state index in [1.165, 1.54) is 12.1 Å². The van der Waals surface area contributed by atoms with Crippen LogP contribution in [0.1, 0.15) is 28.8 Å². The fourth-order valence-electron chi connectivity index (χ4n) is 3.84. The van der Waals surface area contributed by atoms with Crippen LogP contribution in [0, 0.1) is 11.7 Å². The van der Waals surface area contributed by atoms with E-state index in [1.807, 2.05) is 41.7 Å². The van der Waals surface area contributed by atoms with E-state index in [-0.39, 0.29) is 11.7 Å². The predicted octanol–water partition coefficient (Wildman–Crippen LogP) is 4.19. The van der Waals surface area contributed by atoms with Crippen LogP contribution in [0.4, 0.5) is 10.1 Å². The maximum atomic E-state index is 13.0. The minimum Gasteiger partial charge on any atom is -0.381 e. The number of hydrogen-bond donors (Lipinski definition) is 1. The van der Waals surface area contributed by atoms with E-state index >= 15 is 0 Å². The minimum atomic E-state index is -0.241. The van der Waals surface area contributed by atoms with Crippen LogP contribution in [0.15, 0.2) is 67.3 Å². The van der Waals surface area contributed by atoms with E-state index in [9.17, 15) is 9.18 Å². The van der Waals surface area contributed by atoms with Gasteiger partial charge < -0.3 is 14.8 Å². The Morgan fingerprint density at radius 3 is 2.86 bits per heavy atom. The Balaban J connectivity index is 1.37. The number of amides is 1. The smallest absolute Gasteiger partial charge is 0.253 e. The lowest BCUT2D eigenvalue weighted by Crippen LogP contribution is -2.41. The Hall–Kier alpha value is -3.15. The van der Waals surface area contributed by atoms with E-state index in [1.54, 1.807) is 18.3 Å². The standard InChI is InChI=1S/C23H25FN4O/c24-21-8-6-18(7-9-21)14-26-22-5-1-4-20(13-22)23(29)28-11-2-3-19(16-28)15-27-12-10-25-17-27/h1,4-10,12-13,17,19,26H,2-3,11,14-16H2. The van der Waals surface area contributed by atoms with Gasteiger partial charge in [0.15, 0.2) is 0 Å². The van der Waals surface area contributed by atoms with E-state index in [0.717, 1.165) is 43.7 Å². The van der Waals surface area contributed by atoms with Crippen molar-refractivity contribution in [3.05, 3.63) is 84.2 Å². The highest BCUT2D eigenvalue weighted by molar-refractivity contribution is 5.95. The van der Waals surface area contributed by atoms with Gasteiger partial charge in [-0.05, 0) is 54.7 Å². The number of anilines is 1. The van der Waals surface area contributed by atoms with Crippen LogP contribution in [0.2, 0.25) is 0 Å². The number of benzene rings is 2. The number of aromatic nitrogens is 2. The molecule has 4 rings (SSSR count). The summed E-state index contributed by atoms with van der Waals surface area (Å²) in [5.41, 5.74) is 2.56. The molecule has 0 aliphatic carbocycles. The van der Waals surface area contributed by atoms with Gasteiger partial charge in [-0.1, -0.05) is 18.2 Å². The number of carbonyl (C=O) groups is 1. The molecule has 1 amide bonds. The first-order valence-electron chi connectivity index (χ1n) is 10.0. The fraction of sp³-hybridized carbons (Fsp3) is 0.304. The molecule has 0 spiro atoms. The highest BCUT2D eigenvalue weighted by Crippen LogP contribution is 2.21. The summed E-state index contributed by atoms with van der Waals surface area (Å²) in [6.45, 7) is 3.04. The van der Waals surface area contributed by atoms with Crippen LogP contribution in [0.3, 0.4) is 0 Å². The topological polar surface area (TPSA) is 50.2 Å². The molecule has 1 N–H and O–H groups in total. The lowest BCUT2D eigenvalue weighted by atomic mass is 9.97. The average Bonchev–Trinajstić information content (AvgIpc) is 3.26. The van der Waals surface area contributed by atoms with E-state index in [2.05, 4.69) is 14.9 Å². The predicted molar refractivity (Wildman–Crippen MR) is 111 cm³/mol. The molecule has 1 unspecified atom stereocenters. The van der Waals surface area contributed by atoms with Crippen LogP contribution >= 0.6 is 0 Å². The van der Waals surface area contributed by atoms with Gasteiger partial charge in [-0.2, -0.15) is 0 Å². The maximum Gasteiger partial charge on any atom is 0.253 e. The monoisotopic (exact) mass is 392 g/mol. The second-order valence-corrected chi connectivity index (χ2v) is 7.58. The summed E-state index contributed by atoms with van der Waals surface area (Å²) < 4.78 is 15.1. The lowest BCUT2D eigenvalue weighted by Gasteiger charge is -2.33. The summed E-state index contributed by atoms with van der Waals surface area (Å²) in [6.07, 6.45) is 7.74. The molecule has 5 nitrogen and oxygen atoms in total. The number of imidazole rings is 1. The van der Waals surface area contributed by atoms with E-state index < -0.39 is 0 Å². The van der Waals surface area contributed by atoms with Gasteiger partial charge in [0.25, 0.3) is 5.91 Å². The first kappa shape index (κ1) is 19.2. The van der Waals surface area contributed by atoms with Crippen LogP contribution < -0.4 is 5.32 Å². The fourth-order valence-corrected chi connectivity index (χ4v) is 3.84. The second-order valence-electron chi connectivity index (χ2n) is 7.58. The van der Waals surface area contributed by atoms with Gasteiger partial charge in [-0.3, -0.25) is 4.79 Å². The summed E-state index contributed by atoms with van der Waals surface area (Å²) >= 11 is 0. The number of nitrogens with one attached hydrogen (secondary N) is 1. The van der Waals surface area contributed by atoms with Crippen molar-refractivity contribution < 1.29 is 9.18 Å². The van der Waals surface area contributed by atoms with Gasteiger partial charge in [0, 0.05) is 49.8 Å². The van der Waals surface area contributed by atoms with Gasteiger partial charge >= 0.3 is 0 Å². The molecule has 150 valence electrons. The van der Waals surface area contributed by atoms with E-state index in [0.29, 0.717) is 18.0 Å². The van der Waals surface area contributed by atoms with Crippen molar-refractivity contribution in [3.8, 4) is 0 Å². The highest BCUT2D eigenvalue weighted by Gasteiger charge is 2.24. The van der Waals surface area contributed by atoms with Crippen LogP contribution in [-0.2, 0) is 13.1 Å². The van der Waals surface area contributed by atoms with Crippen LogP contribution in [-0.4, -0.2) is 33.4 Å². The molecule has 6 heteroatoms. The second kappa shape index (κ2) is 8.90. The Bertz CT molecular complexity index is 940. The third-order valence-electron chi connectivity index (χ3n) is 5.35. The lowest BCUT2D eigenvalue weighted by molar-refractivity contribution is 0.0662. The molecule has 1 aromatic heterocycles. The molecular weight excluding hydrogens is 367 g/mol. The van der Waals surface area contributed by atoms with Gasteiger partial charge in [-0.25, -0.2) is 9.37 Å². The normalized spacial score (nSPS) is 16.6. The van der Waals surface area contributed by atoms with Crippen molar-refractivity contribution in [2.24, 2.45) is 5.92 Å². The Labute approximate surface area is 170 Å². The van der Waals surface area contributed by atoms with Crippen molar-refractivity contribution in [2.45, 2.75) is 25.9 Å². The number of likely N-dealkylation sites (tertiary alicyclic amines) is 1. The van der Waals surface area contributed by atoms with Crippen molar-refractivity contribution >= 4 is 11.6 Å². The zero-order chi connectivity index (χ0) is 20.1. The van der Waals surface area contributed by atoms with Gasteiger partial charge in [0.05, 0.1) is 6.33 Å². The van der Waals surface area contributed by atoms with Gasteiger partial charge in [0.2, 0.25) is 0 Å². The SMILES string of the molecule is O=C(c1cccc(NCc2ccc(F)cc2)c1)N1CCCC(Cn2ccnc2)C1. The first-order chi connectivity index (χ1) is 14.2. The number of rotatable bonds is 6. The molecule has 3 aromatic rings. The Kier molecular flexibility index (Phi) is 5.89. The van der Waals surface area contributed by atoms with Gasteiger partial charge in [0.1, 0.15) is 5.82 Å². The van der Waals surface area contributed by atoms with Crippen LogP contribution in [0.5, 0.6) is 0 Å². The molecule has 1 saturated heterocycles. The average molecular weight is 392 g/mol. The van der Waals surface area contributed by atoms with Crippen molar-refractivity contribution in [3.63, 3.8) is 0 Å². The largest absolute Gasteiger partial charge is 0.381 e. The zero-order valence-electron chi connectivity index (χ0n) is 16.3. The summed E-state index contributed by atoms with van der Waals surface area (Å²) in [5, 5.41) is 3.31. The molecule has 2 heterocycles. The molecule has 0 radical (unpaired) electrons. The molecule has 29 heavy (non-hydrogen) atoms.